The van der Waals surface area contributed by atoms with Gasteiger partial charge in [0.25, 0.3) is 0 Å². The average Bonchev–Trinajstić information content (AvgIpc) is 2.94. The van der Waals surface area contributed by atoms with Crippen LogP contribution in [0, 0.1) is 11.3 Å². The van der Waals surface area contributed by atoms with Crippen LogP contribution < -0.4 is 5.32 Å². The lowest BCUT2D eigenvalue weighted by atomic mass is 10.1. The Bertz CT molecular complexity index is 990. The number of rotatable bonds is 3. The van der Waals surface area contributed by atoms with Crippen LogP contribution in [0.5, 0.6) is 0 Å². The lowest BCUT2D eigenvalue weighted by molar-refractivity contribution is 0.0601. The van der Waals surface area contributed by atoms with Gasteiger partial charge >= 0.3 is 5.97 Å². The van der Waals surface area contributed by atoms with Gasteiger partial charge in [-0.15, -0.1) is 0 Å². The number of halogens is 1. The normalized spacial score (nSPS) is 10.4. The van der Waals surface area contributed by atoms with E-state index in [2.05, 4.69) is 15.4 Å². The van der Waals surface area contributed by atoms with E-state index in [1.54, 1.807) is 10.9 Å². The summed E-state index contributed by atoms with van der Waals surface area (Å²) < 4.78 is 6.48. The zero-order chi connectivity index (χ0) is 17.3. The maximum absolute atomic E-state index is 12.0. The molecule has 0 atom stereocenters. The summed E-state index contributed by atoms with van der Waals surface area (Å²) in [6, 6.07) is 8.82. The molecule has 1 aromatic carbocycles. The molecule has 8 heteroatoms. The molecule has 0 aliphatic heterocycles. The minimum absolute atomic E-state index is 0.0366. The number of hydrogen-bond donors (Lipinski definition) is 1. The summed E-state index contributed by atoms with van der Waals surface area (Å²) in [5.41, 5.74) is 1.71. The number of fused-ring (bicyclic) bond motifs is 1. The number of aromatic nitrogens is 3. The van der Waals surface area contributed by atoms with Gasteiger partial charge in [0.1, 0.15) is 22.6 Å². The molecule has 7 nitrogen and oxygen atoms in total. The Hall–Kier alpha value is -3.11. The number of esters is 1. The van der Waals surface area contributed by atoms with Crippen LogP contribution in [0.25, 0.3) is 10.9 Å². The molecule has 0 radical (unpaired) electrons. The Morgan fingerprint density at radius 3 is 2.92 bits per heavy atom. The number of nitriles is 1. The Kier molecular flexibility index (Phi) is 4.06. The quantitative estimate of drug-likeness (QED) is 0.581. The molecule has 0 unspecified atom stereocenters. The van der Waals surface area contributed by atoms with Gasteiger partial charge in [-0.2, -0.15) is 10.4 Å². The van der Waals surface area contributed by atoms with Crippen molar-refractivity contribution < 1.29 is 9.53 Å². The number of methoxy groups -OCH3 is 1. The number of carbonyl (C=O) groups excluding carboxylic acids is 1. The first kappa shape index (κ1) is 15.8. The highest BCUT2D eigenvalue weighted by Gasteiger charge is 2.20. The number of anilines is 2. The van der Waals surface area contributed by atoms with Crippen LogP contribution in [-0.4, -0.2) is 27.8 Å². The minimum Gasteiger partial charge on any atom is -0.465 e. The number of carbonyl (C=O) groups is 1. The Balaban J connectivity index is 2.10. The van der Waals surface area contributed by atoms with Crippen molar-refractivity contribution in [2.45, 2.75) is 0 Å². The van der Waals surface area contributed by atoms with E-state index in [4.69, 9.17) is 16.3 Å². The first-order valence-corrected chi connectivity index (χ1v) is 7.29. The second kappa shape index (κ2) is 6.18. The number of nitrogens with zero attached hydrogens (tertiary/aromatic N) is 4. The topological polar surface area (TPSA) is 92.8 Å². The fraction of sp³-hybridized carbons (Fsp3) is 0.125. The summed E-state index contributed by atoms with van der Waals surface area (Å²) in [6.45, 7) is 0. The van der Waals surface area contributed by atoms with Crippen molar-refractivity contribution in [2.24, 2.45) is 7.05 Å². The summed E-state index contributed by atoms with van der Waals surface area (Å²) in [4.78, 5) is 16.1. The van der Waals surface area contributed by atoms with Gasteiger partial charge in [-0.1, -0.05) is 11.6 Å². The Labute approximate surface area is 142 Å². The first-order valence-electron chi connectivity index (χ1n) is 6.91. The highest BCUT2D eigenvalue weighted by molar-refractivity contribution is 6.29. The molecule has 0 bridgehead atoms. The van der Waals surface area contributed by atoms with Gasteiger partial charge in [0.2, 0.25) is 0 Å². The van der Waals surface area contributed by atoms with Gasteiger partial charge in [0.05, 0.1) is 24.4 Å². The molecule has 0 saturated carbocycles. The predicted octanol–water partition coefficient (Wildman–Crippen LogP) is 3.02. The maximum Gasteiger partial charge on any atom is 0.343 e. The summed E-state index contributed by atoms with van der Waals surface area (Å²) in [7, 11) is 3.07. The van der Waals surface area contributed by atoms with Crippen LogP contribution in [0.15, 0.2) is 30.5 Å². The fourth-order valence-corrected chi connectivity index (χ4v) is 2.55. The second-order valence-corrected chi connectivity index (χ2v) is 5.37. The van der Waals surface area contributed by atoms with Crippen LogP contribution in [0.3, 0.4) is 0 Å². The van der Waals surface area contributed by atoms with Gasteiger partial charge in [0, 0.05) is 18.1 Å². The van der Waals surface area contributed by atoms with Crippen LogP contribution in [-0.2, 0) is 11.8 Å². The molecule has 24 heavy (non-hydrogen) atoms. The van der Waals surface area contributed by atoms with E-state index in [9.17, 15) is 10.1 Å². The highest BCUT2D eigenvalue weighted by atomic mass is 35.5. The predicted molar refractivity (Wildman–Crippen MR) is 89.3 cm³/mol. The van der Waals surface area contributed by atoms with Gasteiger partial charge in [-0.05, 0) is 24.3 Å². The third kappa shape index (κ3) is 2.75. The molecule has 1 N–H and O–H groups in total. The molecule has 0 aliphatic carbocycles. The molecular formula is C16H12ClN5O2. The molecule has 3 rings (SSSR count). The van der Waals surface area contributed by atoms with Crippen LogP contribution in [0.1, 0.15) is 15.9 Å². The molecule has 0 saturated heterocycles. The standard InChI is InChI=1S/C16H12ClN5O2/c1-22-12-6-11(4-3-9(12)8-19-22)20-15-14(16(23)24-2)10(7-18)5-13(17)21-15/h3-6,8H,1-2H3,(H,20,21). The highest BCUT2D eigenvalue weighted by Crippen LogP contribution is 2.27. The lowest BCUT2D eigenvalue weighted by Crippen LogP contribution is -2.10. The number of hydrogen-bond acceptors (Lipinski definition) is 6. The first-order chi connectivity index (χ1) is 11.5. The molecule has 120 valence electrons. The van der Waals surface area contributed by atoms with E-state index in [1.165, 1.54) is 13.2 Å². The van der Waals surface area contributed by atoms with E-state index in [0.29, 0.717) is 5.69 Å². The molecule has 0 spiro atoms. The van der Waals surface area contributed by atoms with Crippen molar-refractivity contribution in [3.63, 3.8) is 0 Å². The van der Waals surface area contributed by atoms with E-state index in [-0.39, 0.29) is 22.1 Å². The van der Waals surface area contributed by atoms with Crippen molar-refractivity contribution in [3.05, 3.63) is 46.7 Å². The van der Waals surface area contributed by atoms with Gasteiger partial charge < -0.3 is 10.1 Å². The second-order valence-electron chi connectivity index (χ2n) is 4.99. The maximum atomic E-state index is 12.0. The zero-order valence-electron chi connectivity index (χ0n) is 12.9. The van der Waals surface area contributed by atoms with Crippen molar-refractivity contribution in [1.29, 1.82) is 5.26 Å². The third-order valence-electron chi connectivity index (χ3n) is 3.51. The van der Waals surface area contributed by atoms with E-state index < -0.39 is 5.97 Å². The molecule has 2 heterocycles. The average molecular weight is 342 g/mol. The van der Waals surface area contributed by atoms with Crippen LogP contribution in [0.4, 0.5) is 11.5 Å². The van der Waals surface area contributed by atoms with E-state index in [1.807, 2.05) is 31.3 Å². The number of nitrogens with one attached hydrogen (secondary N) is 1. The minimum atomic E-state index is -0.667. The van der Waals surface area contributed by atoms with E-state index in [0.717, 1.165) is 10.9 Å². The van der Waals surface area contributed by atoms with Crippen molar-refractivity contribution in [3.8, 4) is 6.07 Å². The summed E-state index contributed by atoms with van der Waals surface area (Å²) in [5.74, 6) is -0.507. The lowest BCUT2D eigenvalue weighted by Gasteiger charge is -2.12. The Morgan fingerprint density at radius 1 is 1.42 bits per heavy atom. The number of aryl methyl sites for hydroxylation is 1. The molecule has 2 aromatic heterocycles. The summed E-state index contributed by atoms with van der Waals surface area (Å²) >= 11 is 5.95. The van der Waals surface area contributed by atoms with Gasteiger partial charge in [-0.25, -0.2) is 9.78 Å². The molecule has 3 aromatic rings. The van der Waals surface area contributed by atoms with Crippen LogP contribution in [0.2, 0.25) is 5.15 Å². The van der Waals surface area contributed by atoms with Crippen molar-refractivity contribution in [1.82, 2.24) is 14.8 Å². The molecular weight excluding hydrogens is 330 g/mol. The zero-order valence-corrected chi connectivity index (χ0v) is 13.6. The summed E-state index contributed by atoms with van der Waals surface area (Å²) in [5, 5.41) is 17.5. The van der Waals surface area contributed by atoms with E-state index >= 15 is 0 Å². The number of pyridine rings is 1. The monoisotopic (exact) mass is 341 g/mol. The Morgan fingerprint density at radius 2 is 2.21 bits per heavy atom. The van der Waals surface area contributed by atoms with Crippen molar-refractivity contribution in [2.75, 3.05) is 12.4 Å². The third-order valence-corrected chi connectivity index (χ3v) is 3.70. The van der Waals surface area contributed by atoms with Gasteiger partial charge in [0.15, 0.2) is 0 Å². The number of ether oxygens (including phenoxy) is 1. The molecule has 0 aliphatic rings. The fourth-order valence-electron chi connectivity index (χ4n) is 2.36. The van der Waals surface area contributed by atoms with Crippen LogP contribution >= 0.6 is 11.6 Å². The number of benzene rings is 1. The van der Waals surface area contributed by atoms with Gasteiger partial charge in [-0.3, -0.25) is 4.68 Å². The molecule has 0 fully saturated rings. The largest absolute Gasteiger partial charge is 0.465 e. The SMILES string of the molecule is COC(=O)c1c(C#N)cc(Cl)nc1Nc1ccc2cnn(C)c2c1. The summed E-state index contributed by atoms with van der Waals surface area (Å²) in [6.07, 6.45) is 1.75. The van der Waals surface area contributed by atoms with Crippen molar-refractivity contribution >= 4 is 40.0 Å². The molecule has 0 amide bonds. The smallest absolute Gasteiger partial charge is 0.343 e.